The van der Waals surface area contributed by atoms with E-state index in [0.717, 1.165) is 5.56 Å². The molecule has 1 fully saturated rings. The molecule has 1 saturated heterocycles. The van der Waals surface area contributed by atoms with Crippen LogP contribution in [0.2, 0.25) is 5.02 Å². The van der Waals surface area contributed by atoms with Crippen LogP contribution >= 0.6 is 11.6 Å². The number of nitrogens with one attached hydrogen (secondary N) is 2. The summed E-state index contributed by atoms with van der Waals surface area (Å²) >= 11 is 5.91. The number of hydrogen-bond acceptors (Lipinski definition) is 4. The van der Waals surface area contributed by atoms with Crippen molar-refractivity contribution in [1.82, 2.24) is 25.3 Å². The van der Waals surface area contributed by atoms with Crippen LogP contribution in [-0.2, 0) is 4.79 Å². The second-order valence-electron chi connectivity index (χ2n) is 6.96. The highest BCUT2D eigenvalue weighted by Crippen LogP contribution is 2.21. The first-order valence-corrected chi connectivity index (χ1v) is 9.42. The van der Waals surface area contributed by atoms with Crippen molar-refractivity contribution in [3.05, 3.63) is 41.0 Å². The minimum absolute atomic E-state index is 0.0194. The Hall–Kier alpha value is -2.38. The van der Waals surface area contributed by atoms with Crippen molar-refractivity contribution in [2.75, 3.05) is 32.7 Å². The highest BCUT2D eigenvalue weighted by Gasteiger charge is 2.24. The molecule has 0 saturated carbocycles. The predicted molar refractivity (Wildman–Crippen MR) is 105 cm³/mol. The SMILES string of the molecule is CC(C)NC(=O)CN1CCN(C(=O)c2cc(-c3ccc(Cl)cc3)n[nH]2)CC1. The molecule has 0 aliphatic carbocycles. The van der Waals surface area contributed by atoms with Crippen LogP contribution in [0.5, 0.6) is 0 Å². The Kier molecular flexibility index (Phi) is 6.13. The molecular formula is C19H24ClN5O2. The molecule has 0 radical (unpaired) electrons. The van der Waals surface area contributed by atoms with Gasteiger partial charge in [0.15, 0.2) is 0 Å². The quantitative estimate of drug-likeness (QED) is 0.819. The van der Waals surface area contributed by atoms with Gasteiger partial charge in [0, 0.05) is 42.8 Å². The molecule has 3 rings (SSSR count). The average Bonchev–Trinajstić information content (AvgIpc) is 3.12. The molecule has 0 spiro atoms. The number of carbonyl (C=O) groups excluding carboxylic acids is 2. The summed E-state index contributed by atoms with van der Waals surface area (Å²) in [5, 5.41) is 10.6. The van der Waals surface area contributed by atoms with Crippen LogP contribution in [-0.4, -0.2) is 70.6 Å². The summed E-state index contributed by atoms with van der Waals surface area (Å²) in [5.41, 5.74) is 2.07. The van der Waals surface area contributed by atoms with Crippen molar-refractivity contribution in [2.45, 2.75) is 19.9 Å². The van der Waals surface area contributed by atoms with Crippen LogP contribution < -0.4 is 5.32 Å². The minimum Gasteiger partial charge on any atom is -0.353 e. The van der Waals surface area contributed by atoms with Crippen LogP contribution in [0.4, 0.5) is 0 Å². The van der Waals surface area contributed by atoms with E-state index in [1.165, 1.54) is 0 Å². The third kappa shape index (κ3) is 5.08. The number of halogens is 1. The summed E-state index contributed by atoms with van der Waals surface area (Å²) < 4.78 is 0. The van der Waals surface area contributed by atoms with Crippen LogP contribution in [0.1, 0.15) is 24.3 Å². The van der Waals surface area contributed by atoms with E-state index in [4.69, 9.17) is 11.6 Å². The number of aromatic nitrogens is 2. The zero-order valence-corrected chi connectivity index (χ0v) is 16.3. The number of nitrogens with zero attached hydrogens (tertiary/aromatic N) is 3. The van der Waals surface area contributed by atoms with Gasteiger partial charge in [0.25, 0.3) is 5.91 Å². The van der Waals surface area contributed by atoms with Crippen molar-refractivity contribution >= 4 is 23.4 Å². The summed E-state index contributed by atoms with van der Waals surface area (Å²) in [7, 11) is 0. The smallest absolute Gasteiger partial charge is 0.271 e. The maximum Gasteiger partial charge on any atom is 0.271 e. The summed E-state index contributed by atoms with van der Waals surface area (Å²) in [6, 6.07) is 9.22. The minimum atomic E-state index is -0.0750. The number of amides is 2. The van der Waals surface area contributed by atoms with Gasteiger partial charge in [-0.3, -0.25) is 19.6 Å². The van der Waals surface area contributed by atoms with Crippen LogP contribution in [0, 0.1) is 0 Å². The van der Waals surface area contributed by atoms with Crippen molar-refractivity contribution in [2.24, 2.45) is 0 Å². The zero-order chi connectivity index (χ0) is 19.4. The van der Waals surface area contributed by atoms with E-state index in [0.29, 0.717) is 49.1 Å². The van der Waals surface area contributed by atoms with E-state index in [9.17, 15) is 9.59 Å². The molecule has 0 unspecified atom stereocenters. The average molecular weight is 390 g/mol. The molecular weight excluding hydrogens is 366 g/mol. The largest absolute Gasteiger partial charge is 0.353 e. The van der Waals surface area contributed by atoms with Gasteiger partial charge < -0.3 is 10.2 Å². The second kappa shape index (κ2) is 8.54. The van der Waals surface area contributed by atoms with Crippen molar-refractivity contribution in [3.8, 4) is 11.3 Å². The lowest BCUT2D eigenvalue weighted by Crippen LogP contribution is -2.51. The van der Waals surface area contributed by atoms with Gasteiger partial charge in [-0.2, -0.15) is 5.10 Å². The lowest BCUT2D eigenvalue weighted by molar-refractivity contribution is -0.123. The topological polar surface area (TPSA) is 81.3 Å². The number of hydrogen-bond donors (Lipinski definition) is 2. The zero-order valence-electron chi connectivity index (χ0n) is 15.5. The van der Waals surface area contributed by atoms with Crippen molar-refractivity contribution < 1.29 is 9.59 Å². The molecule has 0 atom stereocenters. The van der Waals surface area contributed by atoms with Gasteiger partial charge in [-0.05, 0) is 32.0 Å². The Bertz CT molecular complexity index is 795. The molecule has 1 aromatic heterocycles. The number of aromatic amines is 1. The predicted octanol–water partition coefficient (Wildman–Crippen LogP) is 2.01. The van der Waals surface area contributed by atoms with Gasteiger partial charge in [-0.1, -0.05) is 23.7 Å². The van der Waals surface area contributed by atoms with E-state index >= 15 is 0 Å². The second-order valence-corrected chi connectivity index (χ2v) is 7.40. The van der Waals surface area contributed by atoms with E-state index < -0.39 is 0 Å². The van der Waals surface area contributed by atoms with Crippen LogP contribution in [0.25, 0.3) is 11.3 Å². The molecule has 1 aromatic carbocycles. The van der Waals surface area contributed by atoms with Gasteiger partial charge in [-0.25, -0.2) is 0 Å². The molecule has 2 amide bonds. The number of H-pyrrole nitrogens is 1. The third-order valence-electron chi connectivity index (χ3n) is 4.42. The fraction of sp³-hybridized carbons (Fsp3) is 0.421. The monoisotopic (exact) mass is 389 g/mol. The third-order valence-corrected chi connectivity index (χ3v) is 4.68. The van der Waals surface area contributed by atoms with Gasteiger partial charge in [-0.15, -0.1) is 0 Å². The van der Waals surface area contributed by atoms with E-state index in [2.05, 4.69) is 20.4 Å². The first-order chi connectivity index (χ1) is 12.9. The Balaban J connectivity index is 1.55. The molecule has 2 aromatic rings. The Morgan fingerprint density at radius 3 is 2.48 bits per heavy atom. The van der Waals surface area contributed by atoms with Crippen molar-refractivity contribution in [1.29, 1.82) is 0 Å². The summed E-state index contributed by atoms with van der Waals surface area (Å²) in [5.74, 6) is -0.0556. The number of rotatable bonds is 5. The lowest BCUT2D eigenvalue weighted by Gasteiger charge is -2.34. The van der Waals surface area contributed by atoms with Gasteiger partial charge >= 0.3 is 0 Å². The van der Waals surface area contributed by atoms with Crippen LogP contribution in [0.3, 0.4) is 0 Å². The van der Waals surface area contributed by atoms with Gasteiger partial charge in [0.05, 0.1) is 12.2 Å². The fourth-order valence-corrected chi connectivity index (χ4v) is 3.18. The molecule has 1 aliphatic heterocycles. The molecule has 8 heteroatoms. The first-order valence-electron chi connectivity index (χ1n) is 9.04. The van der Waals surface area contributed by atoms with E-state index in [1.807, 2.05) is 26.0 Å². The van der Waals surface area contributed by atoms with Gasteiger partial charge in [0.2, 0.25) is 5.91 Å². The molecule has 2 N–H and O–H groups in total. The highest BCUT2D eigenvalue weighted by molar-refractivity contribution is 6.30. The maximum absolute atomic E-state index is 12.7. The molecule has 144 valence electrons. The standard InChI is InChI=1S/C19H24ClN5O2/c1-13(2)21-18(26)12-24-7-9-25(10-8-24)19(27)17-11-16(22-23-17)14-3-5-15(20)6-4-14/h3-6,11,13H,7-10,12H2,1-2H3,(H,21,26)(H,22,23). The molecule has 27 heavy (non-hydrogen) atoms. The fourth-order valence-electron chi connectivity index (χ4n) is 3.05. The Morgan fingerprint density at radius 1 is 1.19 bits per heavy atom. The normalized spacial score (nSPS) is 15.2. The molecule has 0 bridgehead atoms. The first kappa shape index (κ1) is 19.4. The molecule has 7 nitrogen and oxygen atoms in total. The van der Waals surface area contributed by atoms with E-state index in [1.54, 1.807) is 23.1 Å². The summed E-state index contributed by atoms with van der Waals surface area (Å²) in [4.78, 5) is 28.4. The number of piperazine rings is 1. The van der Waals surface area contributed by atoms with Crippen molar-refractivity contribution in [3.63, 3.8) is 0 Å². The maximum atomic E-state index is 12.7. The lowest BCUT2D eigenvalue weighted by atomic mass is 10.1. The molecule has 1 aliphatic rings. The highest BCUT2D eigenvalue weighted by atomic mass is 35.5. The molecule has 2 heterocycles. The summed E-state index contributed by atoms with van der Waals surface area (Å²) in [6.45, 7) is 6.77. The number of carbonyl (C=O) groups is 2. The summed E-state index contributed by atoms with van der Waals surface area (Å²) in [6.07, 6.45) is 0. The van der Waals surface area contributed by atoms with E-state index in [-0.39, 0.29) is 17.9 Å². The van der Waals surface area contributed by atoms with Gasteiger partial charge in [0.1, 0.15) is 5.69 Å². The van der Waals surface area contributed by atoms with Crippen LogP contribution in [0.15, 0.2) is 30.3 Å². The Labute approximate surface area is 163 Å². The number of benzene rings is 1. The Morgan fingerprint density at radius 2 is 1.85 bits per heavy atom.